The molecule has 1 aromatic carbocycles. The molecule has 0 aliphatic heterocycles. The van der Waals surface area contributed by atoms with E-state index in [-0.39, 0.29) is 51.8 Å². The zero-order chi connectivity index (χ0) is 38.2. The molecule has 4 saturated carbocycles. The monoisotopic (exact) mass is 737 g/mol. The number of halogens is 1. The lowest BCUT2D eigenvalue weighted by atomic mass is 9.33. The molecule has 0 saturated heterocycles. The summed E-state index contributed by atoms with van der Waals surface area (Å²) in [5.41, 5.74) is 1.55. The van der Waals surface area contributed by atoms with Crippen LogP contribution >= 0.6 is 11.6 Å². The number of aliphatic hydroxyl groups excluding tert-OH is 1. The summed E-state index contributed by atoms with van der Waals surface area (Å²) >= 11 is 6.10. The number of carboxylic acids is 1. The molecule has 0 aromatic heterocycles. The number of rotatable bonds is 10. The highest BCUT2D eigenvalue weighted by molar-refractivity contribution is 6.30. The fraction of sp³-hybridized carbons (Fsp3) is 0.750. The second kappa shape index (κ2) is 13.5. The lowest BCUT2D eigenvalue weighted by Crippen LogP contribution is -2.66. The molecule has 1 aromatic rings. The molecule has 4 fully saturated rings. The summed E-state index contributed by atoms with van der Waals surface area (Å²) in [5.74, 6) is 0.0352. The van der Waals surface area contributed by atoms with E-state index in [0.717, 1.165) is 62.5 Å². The number of ketones is 1. The molecule has 5 aliphatic rings. The van der Waals surface area contributed by atoms with Gasteiger partial charge in [-0.15, -0.1) is 0 Å². The number of aliphatic carboxylic acids is 1. The van der Waals surface area contributed by atoms with Crippen molar-refractivity contribution >= 4 is 29.3 Å². The highest BCUT2D eigenvalue weighted by Gasteiger charge is 2.70. The second-order valence-corrected chi connectivity index (χ2v) is 20.3. The first kappa shape index (κ1) is 39.5. The number of esters is 1. The highest BCUT2D eigenvalue weighted by Crippen LogP contribution is 2.77. The van der Waals surface area contributed by atoms with Crippen molar-refractivity contribution in [1.29, 1.82) is 0 Å². The Morgan fingerprint density at radius 3 is 2.25 bits per heavy atom. The Hall–Kier alpha value is -2.22. The van der Waals surface area contributed by atoms with Gasteiger partial charge < -0.3 is 20.3 Å². The van der Waals surface area contributed by atoms with Crippen molar-refractivity contribution in [1.82, 2.24) is 5.32 Å². The van der Waals surface area contributed by atoms with E-state index in [1.807, 2.05) is 24.3 Å². The zero-order valence-corrected chi connectivity index (χ0v) is 33.9. The van der Waals surface area contributed by atoms with Gasteiger partial charge in [-0.2, -0.15) is 0 Å². The Balaban J connectivity index is 1.26. The summed E-state index contributed by atoms with van der Waals surface area (Å²) in [5, 5.41) is 26.0. The van der Waals surface area contributed by atoms with Gasteiger partial charge in [0, 0.05) is 35.4 Å². The van der Waals surface area contributed by atoms with E-state index in [1.165, 1.54) is 5.57 Å². The molecule has 0 spiro atoms. The molecule has 288 valence electrons. The van der Waals surface area contributed by atoms with Crippen molar-refractivity contribution in [3.05, 3.63) is 46.0 Å². The van der Waals surface area contributed by atoms with E-state index < -0.39 is 28.9 Å². The number of carboxylic acid groups (broad SMARTS) is 1. The minimum absolute atomic E-state index is 0.0141. The van der Waals surface area contributed by atoms with Crippen LogP contribution in [0.1, 0.15) is 132 Å². The average Bonchev–Trinajstić information content (AvgIpc) is 3.36. The first-order valence-corrected chi connectivity index (χ1v) is 20.4. The molecule has 3 N–H and O–H groups in total. The maximum atomic E-state index is 14.0. The Morgan fingerprint density at radius 2 is 1.62 bits per heavy atom. The molecule has 7 nitrogen and oxygen atoms in total. The van der Waals surface area contributed by atoms with Crippen molar-refractivity contribution in [2.75, 3.05) is 6.54 Å². The third kappa shape index (κ3) is 6.11. The van der Waals surface area contributed by atoms with Gasteiger partial charge in [0.05, 0.1) is 17.9 Å². The van der Waals surface area contributed by atoms with Gasteiger partial charge >= 0.3 is 11.9 Å². The number of ether oxygens (including phenoxy) is 1. The van der Waals surface area contributed by atoms with Crippen LogP contribution in [0, 0.1) is 56.2 Å². The van der Waals surface area contributed by atoms with Gasteiger partial charge in [0.15, 0.2) is 5.78 Å². The molecule has 52 heavy (non-hydrogen) atoms. The largest absolute Gasteiger partial charge is 0.481 e. The van der Waals surface area contributed by atoms with Crippen LogP contribution in [-0.2, 0) is 25.7 Å². The number of nitrogens with one attached hydrogen (secondary N) is 1. The molecule has 9 atom stereocenters. The van der Waals surface area contributed by atoms with E-state index in [9.17, 15) is 24.6 Å². The van der Waals surface area contributed by atoms with E-state index in [4.69, 9.17) is 16.3 Å². The van der Waals surface area contributed by atoms with Gasteiger partial charge in [0.2, 0.25) is 0 Å². The predicted molar refractivity (Wildman–Crippen MR) is 205 cm³/mol. The molecular weight excluding hydrogens is 674 g/mol. The van der Waals surface area contributed by atoms with Gasteiger partial charge in [0.25, 0.3) is 0 Å². The molecule has 0 bridgehead atoms. The maximum absolute atomic E-state index is 14.0. The Labute approximate surface area is 317 Å². The smallest absolute Gasteiger partial charge is 0.309 e. The Kier molecular flexibility index (Phi) is 10.3. The topological polar surface area (TPSA) is 113 Å². The number of carbonyl (C=O) groups is 3. The SMILES string of the molecule is CC(C)C1=C2C3CC[C@@H]4C5(C)CC[C@H](OC(=O)CC(C)(C)C(=O)O)C(C)(C)[C@@H]5CC[C@@]4(C)[C@]3(C)CC[C@@]2([C@@H](O)CNCc2ccc(Cl)cc2)CC1=O. The summed E-state index contributed by atoms with van der Waals surface area (Å²) < 4.78 is 6.16. The Morgan fingerprint density at radius 1 is 0.942 bits per heavy atom. The number of aliphatic hydroxyl groups is 1. The van der Waals surface area contributed by atoms with E-state index in [0.29, 0.717) is 36.4 Å². The van der Waals surface area contributed by atoms with Crippen LogP contribution in [0.5, 0.6) is 0 Å². The minimum atomic E-state index is -1.17. The summed E-state index contributed by atoms with van der Waals surface area (Å²) in [6.45, 7) is 20.7. The lowest BCUT2D eigenvalue weighted by Gasteiger charge is -2.72. The second-order valence-electron chi connectivity index (χ2n) is 19.8. The average molecular weight is 738 g/mol. The van der Waals surface area contributed by atoms with Crippen LogP contribution in [0.25, 0.3) is 0 Å². The maximum Gasteiger partial charge on any atom is 0.309 e. The number of Topliss-reactive ketones (excluding diaryl/α,β-unsaturated/α-hetero) is 1. The number of benzene rings is 1. The van der Waals surface area contributed by atoms with E-state index in [2.05, 4.69) is 53.8 Å². The summed E-state index contributed by atoms with van der Waals surface area (Å²) in [7, 11) is 0. The number of allylic oxidation sites excluding steroid dienone is 1. The van der Waals surface area contributed by atoms with E-state index >= 15 is 0 Å². The zero-order valence-electron chi connectivity index (χ0n) is 33.2. The molecule has 6 rings (SSSR count). The van der Waals surface area contributed by atoms with Gasteiger partial charge in [-0.3, -0.25) is 14.4 Å². The van der Waals surface area contributed by atoms with Gasteiger partial charge in [-0.25, -0.2) is 0 Å². The van der Waals surface area contributed by atoms with Crippen LogP contribution < -0.4 is 5.32 Å². The molecular formula is C44H64ClNO6. The number of fused-ring (bicyclic) bond motifs is 7. The quantitative estimate of drug-likeness (QED) is 0.205. The van der Waals surface area contributed by atoms with Crippen LogP contribution in [-0.4, -0.2) is 46.7 Å². The number of hydrogen-bond acceptors (Lipinski definition) is 6. The normalized spacial score (nSPS) is 37.5. The third-order valence-corrected chi connectivity index (χ3v) is 16.3. The minimum Gasteiger partial charge on any atom is -0.481 e. The third-order valence-electron chi connectivity index (χ3n) is 16.1. The summed E-state index contributed by atoms with van der Waals surface area (Å²) in [6.07, 6.45) is 7.17. The standard InChI is InChI=1S/C44H64ClNO6/c1-26(2)36-30(47)22-44(33(48)25-46-24-27-10-12-28(45)13-11-27)21-20-42(8)29(37(36)44)14-15-32-41(7)18-17-34(52-35(49)23-39(3,4)38(50)51)40(5,6)31(41)16-19-43(32,42)9/h10-13,26,29,31-34,46,48H,14-25H2,1-9H3,(H,50,51)/t29?,31-,32+,33-,34-,41?,42+,43+,44-/m0/s1. The fourth-order valence-electron chi connectivity index (χ4n) is 13.1. The molecule has 8 heteroatoms. The van der Waals surface area contributed by atoms with Crippen LogP contribution in [0.4, 0.5) is 0 Å². The lowest BCUT2D eigenvalue weighted by molar-refractivity contribution is -0.235. The molecule has 0 heterocycles. The first-order chi connectivity index (χ1) is 24.1. The van der Waals surface area contributed by atoms with Gasteiger partial charge in [-0.05, 0) is 128 Å². The van der Waals surface area contributed by atoms with Crippen LogP contribution in [0.2, 0.25) is 5.02 Å². The Bertz CT molecular complexity index is 1610. The molecule has 0 amide bonds. The predicted octanol–water partition coefficient (Wildman–Crippen LogP) is 9.18. The molecule has 2 unspecified atom stereocenters. The van der Waals surface area contributed by atoms with Gasteiger partial charge in [-0.1, -0.05) is 77.8 Å². The van der Waals surface area contributed by atoms with Crippen LogP contribution in [0.15, 0.2) is 35.4 Å². The number of carbonyl (C=O) groups excluding carboxylic acids is 2. The van der Waals surface area contributed by atoms with Crippen molar-refractivity contribution in [2.24, 2.45) is 56.2 Å². The highest BCUT2D eigenvalue weighted by atomic mass is 35.5. The van der Waals surface area contributed by atoms with Crippen molar-refractivity contribution < 1.29 is 29.3 Å². The summed E-state index contributed by atoms with van der Waals surface area (Å²) in [4.78, 5) is 38.8. The fourth-order valence-corrected chi connectivity index (χ4v) is 13.2. The van der Waals surface area contributed by atoms with E-state index in [1.54, 1.807) is 13.8 Å². The molecule has 0 radical (unpaired) electrons. The number of hydrogen-bond donors (Lipinski definition) is 3. The van der Waals surface area contributed by atoms with Crippen molar-refractivity contribution in [3.63, 3.8) is 0 Å². The first-order valence-electron chi connectivity index (χ1n) is 20.0. The van der Waals surface area contributed by atoms with Crippen molar-refractivity contribution in [3.8, 4) is 0 Å². The van der Waals surface area contributed by atoms with Gasteiger partial charge in [0.1, 0.15) is 6.10 Å². The molecule has 5 aliphatic carbocycles. The van der Waals surface area contributed by atoms with Crippen LogP contribution in [0.3, 0.4) is 0 Å². The van der Waals surface area contributed by atoms with Crippen molar-refractivity contribution in [2.45, 2.75) is 145 Å². The summed E-state index contributed by atoms with van der Waals surface area (Å²) in [6, 6.07) is 7.79.